The van der Waals surface area contributed by atoms with Crippen molar-refractivity contribution < 1.29 is 4.74 Å². The molecule has 0 bridgehead atoms. The minimum atomic E-state index is 0.525. The van der Waals surface area contributed by atoms with E-state index in [1.807, 2.05) is 30.5 Å². The minimum Gasteiger partial charge on any atom is -0.496 e. The van der Waals surface area contributed by atoms with Crippen LogP contribution in [0.3, 0.4) is 0 Å². The standard InChI is InChI=1S/C22H23N5OS2/c1-14(2)15-8-10-16(11-9-15)21-24-12-17(30-21)13-29-22-26-25-20(27(22)23)18-6-4-5-7-19(18)28-3/h4-12,14H,13,23H2,1-3H3. The first-order valence-electron chi connectivity index (χ1n) is 9.58. The molecule has 0 aliphatic heterocycles. The lowest BCUT2D eigenvalue weighted by molar-refractivity contribution is 0.416. The van der Waals surface area contributed by atoms with E-state index in [1.165, 1.54) is 22.0 Å². The van der Waals surface area contributed by atoms with Crippen LogP contribution >= 0.6 is 23.1 Å². The van der Waals surface area contributed by atoms with E-state index < -0.39 is 0 Å². The van der Waals surface area contributed by atoms with Crippen molar-refractivity contribution in [1.29, 1.82) is 0 Å². The maximum atomic E-state index is 6.26. The van der Waals surface area contributed by atoms with Crippen molar-refractivity contribution in [2.24, 2.45) is 0 Å². The van der Waals surface area contributed by atoms with Crippen LogP contribution in [-0.4, -0.2) is 27.0 Å². The monoisotopic (exact) mass is 437 g/mol. The van der Waals surface area contributed by atoms with Gasteiger partial charge in [0.2, 0.25) is 5.16 Å². The van der Waals surface area contributed by atoms with Gasteiger partial charge < -0.3 is 10.6 Å². The van der Waals surface area contributed by atoms with E-state index >= 15 is 0 Å². The molecule has 0 unspecified atom stereocenters. The molecule has 2 aromatic heterocycles. The van der Waals surface area contributed by atoms with Gasteiger partial charge in [0.1, 0.15) is 10.8 Å². The lowest BCUT2D eigenvalue weighted by Gasteiger charge is -2.07. The van der Waals surface area contributed by atoms with Gasteiger partial charge in [0.25, 0.3) is 0 Å². The number of thiazole rings is 1. The second kappa shape index (κ2) is 8.89. The highest BCUT2D eigenvalue weighted by Crippen LogP contribution is 2.32. The van der Waals surface area contributed by atoms with Crippen LogP contribution in [0.5, 0.6) is 5.75 Å². The number of benzene rings is 2. The number of aromatic nitrogens is 4. The molecule has 4 aromatic rings. The number of nitrogens with two attached hydrogens (primary N) is 1. The summed E-state index contributed by atoms with van der Waals surface area (Å²) in [6, 6.07) is 16.3. The number of nitrogens with zero attached hydrogens (tertiary/aromatic N) is 4. The van der Waals surface area contributed by atoms with Crippen LogP contribution in [0.15, 0.2) is 59.9 Å². The van der Waals surface area contributed by atoms with E-state index in [4.69, 9.17) is 10.6 Å². The molecule has 0 fully saturated rings. The Balaban J connectivity index is 1.47. The smallest absolute Gasteiger partial charge is 0.210 e. The van der Waals surface area contributed by atoms with Crippen LogP contribution in [0.25, 0.3) is 22.0 Å². The number of para-hydroxylation sites is 1. The topological polar surface area (TPSA) is 78.9 Å². The summed E-state index contributed by atoms with van der Waals surface area (Å²) in [5.74, 6) is 8.80. The average Bonchev–Trinajstić information content (AvgIpc) is 3.39. The molecule has 154 valence electrons. The molecule has 0 saturated heterocycles. The van der Waals surface area contributed by atoms with E-state index in [1.54, 1.807) is 18.4 Å². The number of hydrogen-bond acceptors (Lipinski definition) is 7. The highest BCUT2D eigenvalue weighted by molar-refractivity contribution is 7.98. The Bertz CT molecular complexity index is 1130. The fraction of sp³-hybridized carbons (Fsp3) is 0.227. The van der Waals surface area contributed by atoms with E-state index in [9.17, 15) is 0 Å². The Labute approximate surface area is 184 Å². The number of thioether (sulfide) groups is 1. The largest absolute Gasteiger partial charge is 0.496 e. The Kier molecular flexibility index (Phi) is 6.06. The normalized spacial score (nSPS) is 11.2. The summed E-state index contributed by atoms with van der Waals surface area (Å²) in [6.45, 7) is 4.40. The third kappa shape index (κ3) is 4.20. The van der Waals surface area contributed by atoms with Crippen LogP contribution in [0.4, 0.5) is 0 Å². The maximum Gasteiger partial charge on any atom is 0.210 e. The van der Waals surface area contributed by atoms with Crippen LogP contribution in [0.1, 0.15) is 30.2 Å². The molecule has 2 aromatic carbocycles. The van der Waals surface area contributed by atoms with E-state index in [-0.39, 0.29) is 0 Å². The van der Waals surface area contributed by atoms with Gasteiger partial charge in [-0.15, -0.1) is 21.5 Å². The first-order valence-corrected chi connectivity index (χ1v) is 11.4. The zero-order valence-corrected chi connectivity index (χ0v) is 18.7. The van der Waals surface area contributed by atoms with Gasteiger partial charge in [0, 0.05) is 22.4 Å². The van der Waals surface area contributed by atoms with Gasteiger partial charge >= 0.3 is 0 Å². The Morgan fingerprint density at radius 1 is 1.10 bits per heavy atom. The summed E-state index contributed by atoms with van der Waals surface area (Å²) in [4.78, 5) is 5.74. The number of nitrogen functional groups attached to an aromatic ring is 1. The van der Waals surface area contributed by atoms with Gasteiger partial charge in [0.05, 0.1) is 12.7 Å². The summed E-state index contributed by atoms with van der Waals surface area (Å²) >= 11 is 3.22. The summed E-state index contributed by atoms with van der Waals surface area (Å²) in [6.07, 6.45) is 1.92. The first-order chi connectivity index (χ1) is 14.6. The van der Waals surface area contributed by atoms with E-state index in [0.29, 0.717) is 22.6 Å². The number of methoxy groups -OCH3 is 1. The molecule has 0 amide bonds. The van der Waals surface area contributed by atoms with Crippen molar-refractivity contribution in [3.05, 3.63) is 65.2 Å². The fourth-order valence-corrected chi connectivity index (χ4v) is 4.84. The van der Waals surface area contributed by atoms with Gasteiger partial charge in [-0.05, 0) is 23.6 Å². The summed E-state index contributed by atoms with van der Waals surface area (Å²) < 4.78 is 6.92. The molecule has 0 aliphatic carbocycles. The Morgan fingerprint density at radius 2 is 1.87 bits per heavy atom. The van der Waals surface area contributed by atoms with Crippen LogP contribution < -0.4 is 10.6 Å². The maximum absolute atomic E-state index is 6.26. The molecule has 30 heavy (non-hydrogen) atoms. The van der Waals surface area contributed by atoms with Crippen molar-refractivity contribution in [1.82, 2.24) is 19.9 Å². The third-order valence-corrected chi connectivity index (χ3v) is 6.95. The third-order valence-electron chi connectivity index (χ3n) is 4.73. The SMILES string of the molecule is COc1ccccc1-c1nnc(SCc2cnc(-c3ccc(C(C)C)cc3)s2)n1N. The van der Waals surface area contributed by atoms with Gasteiger partial charge in [0.15, 0.2) is 5.82 Å². The molecule has 0 atom stereocenters. The quantitative estimate of drug-likeness (QED) is 0.316. The van der Waals surface area contributed by atoms with Crippen LogP contribution in [-0.2, 0) is 5.75 Å². The average molecular weight is 438 g/mol. The molecule has 2 N–H and O–H groups in total. The van der Waals surface area contributed by atoms with Gasteiger partial charge in [-0.25, -0.2) is 9.66 Å². The number of hydrogen-bond donors (Lipinski definition) is 1. The second-order valence-electron chi connectivity index (χ2n) is 7.07. The van der Waals surface area contributed by atoms with Gasteiger partial charge in [-0.1, -0.05) is 62.0 Å². The van der Waals surface area contributed by atoms with Gasteiger partial charge in [-0.3, -0.25) is 0 Å². The minimum absolute atomic E-state index is 0.525. The summed E-state index contributed by atoms with van der Waals surface area (Å²) in [5.41, 5.74) is 3.28. The lowest BCUT2D eigenvalue weighted by Crippen LogP contribution is -2.11. The molecule has 0 radical (unpaired) electrons. The molecular weight excluding hydrogens is 414 g/mol. The fourth-order valence-electron chi connectivity index (χ4n) is 3.04. The molecule has 0 spiro atoms. The molecular formula is C22H23N5OS2. The van der Waals surface area contributed by atoms with Gasteiger partial charge in [-0.2, -0.15) is 0 Å². The van der Waals surface area contributed by atoms with Crippen molar-refractivity contribution >= 4 is 23.1 Å². The summed E-state index contributed by atoms with van der Waals surface area (Å²) in [7, 11) is 1.63. The van der Waals surface area contributed by atoms with E-state index in [2.05, 4.69) is 53.3 Å². The molecule has 0 aliphatic rings. The van der Waals surface area contributed by atoms with Crippen LogP contribution in [0.2, 0.25) is 0 Å². The number of ether oxygens (including phenoxy) is 1. The highest BCUT2D eigenvalue weighted by Gasteiger charge is 2.16. The second-order valence-corrected chi connectivity index (χ2v) is 9.13. The molecule has 2 heterocycles. The molecule has 6 nitrogen and oxygen atoms in total. The van der Waals surface area contributed by atoms with Crippen molar-refractivity contribution in [2.45, 2.75) is 30.7 Å². The number of rotatable bonds is 7. The molecule has 8 heteroatoms. The Morgan fingerprint density at radius 3 is 2.60 bits per heavy atom. The zero-order chi connectivity index (χ0) is 21.1. The van der Waals surface area contributed by atoms with Crippen LogP contribution in [0, 0.1) is 0 Å². The first kappa shape index (κ1) is 20.4. The molecule has 4 rings (SSSR count). The predicted molar refractivity (Wildman–Crippen MR) is 123 cm³/mol. The van der Waals surface area contributed by atoms with Crippen molar-refractivity contribution in [2.75, 3.05) is 13.0 Å². The Hall–Kier alpha value is -2.84. The lowest BCUT2D eigenvalue weighted by atomic mass is 10.0. The predicted octanol–water partition coefficient (Wildman–Crippen LogP) is 5.21. The highest BCUT2D eigenvalue weighted by atomic mass is 32.2. The summed E-state index contributed by atoms with van der Waals surface area (Å²) in [5, 5.41) is 10.2. The van der Waals surface area contributed by atoms with Crippen molar-refractivity contribution in [3.63, 3.8) is 0 Å². The van der Waals surface area contributed by atoms with E-state index in [0.717, 1.165) is 26.8 Å². The van der Waals surface area contributed by atoms with Crippen molar-refractivity contribution in [3.8, 4) is 27.7 Å². The zero-order valence-electron chi connectivity index (χ0n) is 17.1. The molecule has 0 saturated carbocycles.